The third-order valence-corrected chi connectivity index (χ3v) is 3.64. The number of thiocarbonyl (C=S) groups is 1. The molecule has 0 aliphatic heterocycles. The predicted molar refractivity (Wildman–Crippen MR) is 88.1 cm³/mol. The predicted octanol–water partition coefficient (Wildman–Crippen LogP) is 3.73. The van der Waals surface area contributed by atoms with Gasteiger partial charge in [-0.3, -0.25) is 0 Å². The molecular formula is C17H18N2S. The zero-order valence-corrected chi connectivity index (χ0v) is 12.1. The van der Waals surface area contributed by atoms with Gasteiger partial charge < -0.3 is 10.6 Å². The summed E-state index contributed by atoms with van der Waals surface area (Å²) in [4.78, 5) is 0. The van der Waals surface area contributed by atoms with E-state index in [0.717, 1.165) is 17.2 Å². The van der Waals surface area contributed by atoms with Gasteiger partial charge in [0, 0.05) is 11.7 Å². The molecule has 2 aromatic rings. The zero-order chi connectivity index (χ0) is 13.8. The lowest BCUT2D eigenvalue weighted by molar-refractivity contribution is 0.919. The Hall–Kier alpha value is -1.87. The molecule has 2 N–H and O–H groups in total. The second-order valence-corrected chi connectivity index (χ2v) is 5.60. The van der Waals surface area contributed by atoms with Crippen LogP contribution < -0.4 is 10.6 Å². The van der Waals surface area contributed by atoms with Gasteiger partial charge in [-0.05, 0) is 48.7 Å². The molecule has 0 saturated heterocycles. The van der Waals surface area contributed by atoms with E-state index in [-0.39, 0.29) is 0 Å². The summed E-state index contributed by atoms with van der Waals surface area (Å²) in [5, 5.41) is 7.37. The first-order valence-electron chi connectivity index (χ1n) is 7.00. The van der Waals surface area contributed by atoms with Crippen LogP contribution in [0.4, 0.5) is 5.69 Å². The number of hydrogen-bond donors (Lipinski definition) is 2. The van der Waals surface area contributed by atoms with E-state index in [1.165, 1.54) is 24.0 Å². The molecule has 0 heterocycles. The molecule has 0 aromatic heterocycles. The van der Waals surface area contributed by atoms with Crippen molar-refractivity contribution in [1.82, 2.24) is 5.32 Å². The average Bonchev–Trinajstić information content (AvgIpc) is 3.26. The van der Waals surface area contributed by atoms with E-state index in [9.17, 15) is 0 Å². The van der Waals surface area contributed by atoms with Gasteiger partial charge in [-0.2, -0.15) is 0 Å². The van der Waals surface area contributed by atoms with Crippen molar-refractivity contribution in [3.63, 3.8) is 0 Å². The number of para-hydroxylation sites is 1. The van der Waals surface area contributed by atoms with Crippen LogP contribution in [0.25, 0.3) is 0 Å². The highest BCUT2D eigenvalue weighted by atomic mass is 32.1. The van der Waals surface area contributed by atoms with Gasteiger partial charge in [-0.25, -0.2) is 0 Å². The molecule has 3 heteroatoms. The Morgan fingerprint density at radius 1 is 1.00 bits per heavy atom. The third-order valence-electron chi connectivity index (χ3n) is 3.42. The van der Waals surface area contributed by atoms with Crippen LogP contribution in [0.1, 0.15) is 24.0 Å². The van der Waals surface area contributed by atoms with Crippen molar-refractivity contribution in [2.45, 2.75) is 25.3 Å². The number of nitrogens with one attached hydrogen (secondary N) is 2. The highest BCUT2D eigenvalue weighted by Crippen LogP contribution is 2.21. The van der Waals surface area contributed by atoms with E-state index in [4.69, 9.17) is 12.2 Å². The molecular weight excluding hydrogens is 264 g/mol. The Bertz CT molecular complexity index is 591. The molecule has 0 spiro atoms. The van der Waals surface area contributed by atoms with Gasteiger partial charge in [-0.1, -0.05) is 48.5 Å². The molecule has 0 unspecified atom stereocenters. The molecule has 20 heavy (non-hydrogen) atoms. The van der Waals surface area contributed by atoms with Crippen LogP contribution >= 0.6 is 12.2 Å². The minimum atomic E-state index is 0.580. The molecule has 1 aliphatic carbocycles. The average molecular weight is 282 g/mol. The first kappa shape index (κ1) is 13.1. The summed E-state index contributed by atoms with van der Waals surface area (Å²) in [5.41, 5.74) is 3.66. The lowest BCUT2D eigenvalue weighted by Gasteiger charge is -2.14. The van der Waals surface area contributed by atoms with Crippen molar-refractivity contribution in [3.05, 3.63) is 65.7 Å². The summed E-state index contributed by atoms with van der Waals surface area (Å²) in [6, 6.07) is 19.4. The Morgan fingerprint density at radius 2 is 1.70 bits per heavy atom. The lowest BCUT2D eigenvalue weighted by Crippen LogP contribution is -2.30. The van der Waals surface area contributed by atoms with E-state index in [1.807, 2.05) is 12.1 Å². The van der Waals surface area contributed by atoms with Crippen molar-refractivity contribution >= 4 is 23.0 Å². The summed E-state index contributed by atoms with van der Waals surface area (Å²) < 4.78 is 0. The molecule has 1 saturated carbocycles. The van der Waals surface area contributed by atoms with Gasteiger partial charge >= 0.3 is 0 Å². The maximum atomic E-state index is 5.35. The van der Waals surface area contributed by atoms with E-state index >= 15 is 0 Å². The molecule has 102 valence electrons. The van der Waals surface area contributed by atoms with Crippen LogP contribution in [-0.4, -0.2) is 11.2 Å². The SMILES string of the molecule is S=C(Nc1ccccc1Cc1ccccc1)NC1CC1. The van der Waals surface area contributed by atoms with Crippen LogP contribution in [-0.2, 0) is 6.42 Å². The fraction of sp³-hybridized carbons (Fsp3) is 0.235. The number of hydrogen-bond acceptors (Lipinski definition) is 1. The van der Waals surface area contributed by atoms with E-state index < -0.39 is 0 Å². The Morgan fingerprint density at radius 3 is 2.45 bits per heavy atom. The molecule has 0 bridgehead atoms. The maximum absolute atomic E-state index is 5.35. The van der Waals surface area contributed by atoms with Gasteiger partial charge in [0.2, 0.25) is 0 Å². The van der Waals surface area contributed by atoms with Crippen LogP contribution in [0.3, 0.4) is 0 Å². The zero-order valence-electron chi connectivity index (χ0n) is 11.3. The topological polar surface area (TPSA) is 24.1 Å². The quantitative estimate of drug-likeness (QED) is 0.836. The standard InChI is InChI=1S/C17H18N2S/c20-17(18-15-10-11-15)19-16-9-5-4-8-14(16)12-13-6-2-1-3-7-13/h1-9,15H,10-12H2,(H2,18,19,20). The fourth-order valence-corrected chi connectivity index (χ4v) is 2.46. The minimum absolute atomic E-state index is 0.580. The van der Waals surface area contributed by atoms with Crippen LogP contribution in [0.2, 0.25) is 0 Å². The van der Waals surface area contributed by atoms with E-state index in [1.54, 1.807) is 0 Å². The largest absolute Gasteiger partial charge is 0.360 e. The van der Waals surface area contributed by atoms with Crippen molar-refractivity contribution < 1.29 is 0 Å². The number of anilines is 1. The molecule has 0 amide bonds. The van der Waals surface area contributed by atoms with Crippen LogP contribution in [0, 0.1) is 0 Å². The second kappa shape index (κ2) is 6.06. The number of benzene rings is 2. The Labute approximate surface area is 125 Å². The second-order valence-electron chi connectivity index (χ2n) is 5.19. The number of rotatable bonds is 4. The van der Waals surface area contributed by atoms with Crippen molar-refractivity contribution in [2.24, 2.45) is 0 Å². The van der Waals surface area contributed by atoms with E-state index in [0.29, 0.717) is 6.04 Å². The van der Waals surface area contributed by atoms with Gasteiger partial charge in [-0.15, -0.1) is 0 Å². The fourth-order valence-electron chi connectivity index (χ4n) is 2.18. The molecule has 0 atom stereocenters. The van der Waals surface area contributed by atoms with Gasteiger partial charge in [0.05, 0.1) is 0 Å². The summed E-state index contributed by atoms with van der Waals surface area (Å²) in [6.07, 6.45) is 3.37. The summed E-state index contributed by atoms with van der Waals surface area (Å²) in [6.45, 7) is 0. The molecule has 1 fully saturated rings. The van der Waals surface area contributed by atoms with Crippen LogP contribution in [0.15, 0.2) is 54.6 Å². The maximum Gasteiger partial charge on any atom is 0.171 e. The highest BCUT2D eigenvalue weighted by Gasteiger charge is 2.21. The molecule has 0 radical (unpaired) electrons. The van der Waals surface area contributed by atoms with Gasteiger partial charge in [0.1, 0.15) is 0 Å². The van der Waals surface area contributed by atoms with Gasteiger partial charge in [0.25, 0.3) is 0 Å². The van der Waals surface area contributed by atoms with Crippen molar-refractivity contribution in [1.29, 1.82) is 0 Å². The van der Waals surface area contributed by atoms with Crippen molar-refractivity contribution in [3.8, 4) is 0 Å². The molecule has 1 aliphatic rings. The van der Waals surface area contributed by atoms with Crippen molar-refractivity contribution in [2.75, 3.05) is 5.32 Å². The molecule has 3 rings (SSSR count). The third kappa shape index (κ3) is 3.58. The smallest absolute Gasteiger partial charge is 0.171 e. The highest BCUT2D eigenvalue weighted by molar-refractivity contribution is 7.80. The lowest BCUT2D eigenvalue weighted by atomic mass is 10.0. The molecule has 2 nitrogen and oxygen atoms in total. The summed E-state index contributed by atoms with van der Waals surface area (Å²) >= 11 is 5.35. The summed E-state index contributed by atoms with van der Waals surface area (Å²) in [7, 11) is 0. The Kier molecular flexibility index (Phi) is 3.97. The molecule has 2 aromatic carbocycles. The normalized spacial score (nSPS) is 13.8. The van der Waals surface area contributed by atoms with E-state index in [2.05, 4.69) is 53.1 Å². The monoisotopic (exact) mass is 282 g/mol. The summed E-state index contributed by atoms with van der Waals surface area (Å²) in [5.74, 6) is 0. The van der Waals surface area contributed by atoms with Gasteiger partial charge in [0.15, 0.2) is 5.11 Å². The van der Waals surface area contributed by atoms with Crippen LogP contribution in [0.5, 0.6) is 0 Å². The minimum Gasteiger partial charge on any atom is -0.360 e. The first-order valence-corrected chi connectivity index (χ1v) is 7.41. The Balaban J connectivity index is 1.72. The first-order chi connectivity index (χ1) is 9.81.